The summed E-state index contributed by atoms with van der Waals surface area (Å²) in [6.45, 7) is 0.287. The quantitative estimate of drug-likeness (QED) is 0.495. The third-order valence-corrected chi connectivity index (χ3v) is 4.58. The Hall–Kier alpha value is -2.29. The van der Waals surface area contributed by atoms with Gasteiger partial charge in [0.25, 0.3) is 0 Å². The average Bonchev–Trinajstić information content (AvgIpc) is 2.60. The predicted octanol–water partition coefficient (Wildman–Crippen LogP) is 2.21. The number of aliphatic hydroxyl groups excluding tert-OH is 1. The Morgan fingerprint density at radius 3 is 2.42 bits per heavy atom. The van der Waals surface area contributed by atoms with Gasteiger partial charge < -0.3 is 20.5 Å². The van der Waals surface area contributed by atoms with Crippen LogP contribution in [0.15, 0.2) is 53.0 Å². The van der Waals surface area contributed by atoms with Crippen molar-refractivity contribution in [2.45, 2.75) is 12.7 Å². The molecule has 1 saturated heterocycles. The third-order valence-electron chi connectivity index (χ3n) is 3.88. The van der Waals surface area contributed by atoms with Crippen LogP contribution in [0.1, 0.15) is 17.2 Å². The highest BCUT2D eigenvalue weighted by atomic mass is 79.9. The lowest BCUT2D eigenvalue weighted by Crippen LogP contribution is -2.57. The molecule has 1 atom stereocenters. The molecule has 134 valence electrons. The minimum atomic E-state index is -1.39. The van der Waals surface area contributed by atoms with Crippen LogP contribution < -0.4 is 15.4 Å². The molecule has 26 heavy (non-hydrogen) atoms. The first-order chi connectivity index (χ1) is 12.5. The van der Waals surface area contributed by atoms with E-state index in [9.17, 15) is 14.7 Å². The summed E-state index contributed by atoms with van der Waals surface area (Å²) in [6.07, 6.45) is -1.39. The molecular weight excluding hydrogens is 420 g/mol. The first kappa shape index (κ1) is 18.5. The molecule has 6 nitrogen and oxygen atoms in total. The fourth-order valence-electron chi connectivity index (χ4n) is 2.61. The van der Waals surface area contributed by atoms with Gasteiger partial charge in [0.05, 0.1) is 0 Å². The van der Waals surface area contributed by atoms with Crippen LogP contribution in [0.3, 0.4) is 0 Å². The van der Waals surface area contributed by atoms with Gasteiger partial charge in [-0.05, 0) is 36.0 Å². The largest absolute Gasteiger partial charge is 0.489 e. The van der Waals surface area contributed by atoms with E-state index in [0.29, 0.717) is 15.8 Å². The number of thiocarbonyl (C=S) groups is 1. The molecule has 2 aromatic carbocycles. The molecule has 3 rings (SSSR count). The Bertz CT molecular complexity index is 840. The molecule has 1 heterocycles. The summed E-state index contributed by atoms with van der Waals surface area (Å²) in [6, 6.07) is 14.6. The van der Waals surface area contributed by atoms with Crippen molar-refractivity contribution in [1.82, 2.24) is 10.6 Å². The molecule has 0 unspecified atom stereocenters. The van der Waals surface area contributed by atoms with Crippen LogP contribution in [-0.4, -0.2) is 22.0 Å². The van der Waals surface area contributed by atoms with Gasteiger partial charge in [0.15, 0.2) is 5.11 Å². The summed E-state index contributed by atoms with van der Waals surface area (Å²) in [5.41, 5.74) is 1.28. The summed E-state index contributed by atoms with van der Waals surface area (Å²) in [4.78, 5) is 24.3. The van der Waals surface area contributed by atoms with Gasteiger partial charge in [-0.3, -0.25) is 9.59 Å². The summed E-state index contributed by atoms with van der Waals surface area (Å²) >= 11 is 8.12. The molecule has 0 saturated carbocycles. The number of carbonyl (C=O) groups excluding carboxylic acids is 2. The van der Waals surface area contributed by atoms with E-state index < -0.39 is 23.8 Å². The van der Waals surface area contributed by atoms with Crippen molar-refractivity contribution in [3.8, 4) is 5.75 Å². The molecule has 2 aromatic rings. The third kappa shape index (κ3) is 4.09. The molecule has 0 radical (unpaired) electrons. The first-order valence-corrected chi connectivity index (χ1v) is 8.96. The van der Waals surface area contributed by atoms with Crippen LogP contribution in [0, 0.1) is 5.92 Å². The Kier molecular flexibility index (Phi) is 5.65. The molecule has 0 bridgehead atoms. The van der Waals surface area contributed by atoms with E-state index in [1.807, 2.05) is 30.3 Å². The number of carbonyl (C=O) groups is 2. The lowest BCUT2D eigenvalue weighted by Gasteiger charge is -2.27. The molecule has 0 aliphatic carbocycles. The Labute approximate surface area is 163 Å². The van der Waals surface area contributed by atoms with Crippen molar-refractivity contribution in [2.24, 2.45) is 5.92 Å². The minimum absolute atomic E-state index is 0.0711. The topological polar surface area (TPSA) is 87.7 Å². The van der Waals surface area contributed by atoms with Crippen LogP contribution in [0.4, 0.5) is 0 Å². The standard InChI is InChI=1S/C18H15BrN2O4S/c19-11-6-7-13(25-9-10-4-2-1-3-5-10)12(8-11)15(22)14-16(23)20-18(26)21-17(14)24/h1-8,14-15,22H,9H2,(H2,20,21,23,24,26)/t15-/m1/s1. The SMILES string of the molecule is O=C1NC(=S)NC(=O)C1[C@H](O)c1cc(Br)ccc1OCc1ccccc1. The zero-order chi connectivity index (χ0) is 18.7. The summed E-state index contributed by atoms with van der Waals surface area (Å²) < 4.78 is 6.50. The number of halogens is 1. The van der Waals surface area contributed by atoms with Crippen LogP contribution in [0.25, 0.3) is 0 Å². The van der Waals surface area contributed by atoms with E-state index in [1.165, 1.54) is 0 Å². The number of rotatable bonds is 5. The zero-order valence-electron chi connectivity index (χ0n) is 13.4. The number of benzene rings is 2. The van der Waals surface area contributed by atoms with Gasteiger partial charge in [0.1, 0.15) is 24.4 Å². The molecule has 2 amide bonds. The van der Waals surface area contributed by atoms with E-state index in [2.05, 4.69) is 26.6 Å². The number of hydrogen-bond acceptors (Lipinski definition) is 5. The van der Waals surface area contributed by atoms with E-state index in [1.54, 1.807) is 18.2 Å². The molecule has 3 N–H and O–H groups in total. The lowest BCUT2D eigenvalue weighted by molar-refractivity contribution is -0.140. The monoisotopic (exact) mass is 434 g/mol. The smallest absolute Gasteiger partial charge is 0.241 e. The van der Waals surface area contributed by atoms with E-state index >= 15 is 0 Å². The van der Waals surface area contributed by atoms with Gasteiger partial charge >= 0.3 is 0 Å². The van der Waals surface area contributed by atoms with E-state index in [4.69, 9.17) is 17.0 Å². The number of nitrogens with one attached hydrogen (secondary N) is 2. The second-order valence-corrected chi connectivity index (χ2v) is 7.01. The molecule has 8 heteroatoms. The second-order valence-electron chi connectivity index (χ2n) is 5.69. The van der Waals surface area contributed by atoms with Gasteiger partial charge in [-0.2, -0.15) is 0 Å². The summed E-state index contributed by atoms with van der Waals surface area (Å²) in [7, 11) is 0. The lowest BCUT2D eigenvalue weighted by atomic mass is 9.92. The normalized spacial score (nSPS) is 16.0. The highest BCUT2D eigenvalue weighted by Gasteiger charge is 2.40. The van der Waals surface area contributed by atoms with Crippen LogP contribution in [0.5, 0.6) is 5.75 Å². The van der Waals surface area contributed by atoms with Crippen molar-refractivity contribution >= 4 is 45.1 Å². The van der Waals surface area contributed by atoms with Crippen molar-refractivity contribution in [3.63, 3.8) is 0 Å². The van der Waals surface area contributed by atoms with Gasteiger partial charge in [0.2, 0.25) is 11.8 Å². The maximum Gasteiger partial charge on any atom is 0.241 e. The Balaban J connectivity index is 1.86. The van der Waals surface area contributed by atoms with Crippen LogP contribution in [0.2, 0.25) is 0 Å². The van der Waals surface area contributed by atoms with Crippen molar-refractivity contribution < 1.29 is 19.4 Å². The molecule has 0 aromatic heterocycles. The van der Waals surface area contributed by atoms with Gasteiger partial charge in [-0.25, -0.2) is 0 Å². The number of aliphatic hydroxyl groups is 1. The van der Waals surface area contributed by atoms with Crippen LogP contribution >= 0.6 is 28.1 Å². The molecule has 1 fully saturated rings. The van der Waals surface area contributed by atoms with Crippen molar-refractivity contribution in [1.29, 1.82) is 0 Å². The second kappa shape index (κ2) is 7.94. The van der Waals surface area contributed by atoms with E-state index in [-0.39, 0.29) is 11.7 Å². The maximum atomic E-state index is 12.1. The molecule has 1 aliphatic heterocycles. The Morgan fingerprint density at radius 1 is 1.12 bits per heavy atom. The highest BCUT2D eigenvalue weighted by Crippen LogP contribution is 2.34. The van der Waals surface area contributed by atoms with Gasteiger partial charge in [0, 0.05) is 10.0 Å². The van der Waals surface area contributed by atoms with Crippen LogP contribution in [-0.2, 0) is 16.2 Å². The molecule has 0 spiro atoms. The van der Waals surface area contributed by atoms with E-state index in [0.717, 1.165) is 5.56 Å². The Morgan fingerprint density at radius 2 is 1.77 bits per heavy atom. The minimum Gasteiger partial charge on any atom is -0.489 e. The maximum absolute atomic E-state index is 12.1. The first-order valence-electron chi connectivity index (χ1n) is 7.75. The fraction of sp³-hybridized carbons (Fsp3) is 0.167. The van der Waals surface area contributed by atoms with Gasteiger partial charge in [-0.15, -0.1) is 0 Å². The molecule has 1 aliphatic rings. The van der Waals surface area contributed by atoms with Crippen molar-refractivity contribution in [3.05, 3.63) is 64.1 Å². The average molecular weight is 435 g/mol. The number of amides is 2. The highest BCUT2D eigenvalue weighted by molar-refractivity contribution is 9.10. The number of hydrogen-bond donors (Lipinski definition) is 3. The number of ether oxygens (including phenoxy) is 1. The summed E-state index contributed by atoms with van der Waals surface area (Å²) in [5.74, 6) is -2.24. The zero-order valence-corrected chi connectivity index (χ0v) is 15.8. The van der Waals surface area contributed by atoms with Gasteiger partial charge in [-0.1, -0.05) is 46.3 Å². The predicted molar refractivity (Wildman–Crippen MR) is 102 cm³/mol. The molecular formula is C18H15BrN2O4S. The summed E-state index contributed by atoms with van der Waals surface area (Å²) in [5, 5.41) is 15.3. The fourth-order valence-corrected chi connectivity index (χ4v) is 3.19. The van der Waals surface area contributed by atoms with Crippen molar-refractivity contribution in [2.75, 3.05) is 0 Å².